The molecule has 0 aliphatic carbocycles. The lowest BCUT2D eigenvalue weighted by molar-refractivity contribution is -0.155. The summed E-state index contributed by atoms with van der Waals surface area (Å²) in [6.07, 6.45) is 0. The van der Waals surface area contributed by atoms with Gasteiger partial charge in [0.2, 0.25) is 0 Å². The molecule has 1 N–H and O–H groups in total. The Morgan fingerprint density at radius 1 is 1.40 bits per heavy atom. The SMILES string of the molecule is CC(=O)OCC(=O)C(=O)O. The van der Waals surface area contributed by atoms with E-state index >= 15 is 0 Å². The molecule has 0 rings (SSSR count). The molecule has 0 aromatic rings. The number of carboxylic acid groups (broad SMARTS) is 1. The Morgan fingerprint density at radius 2 is 1.90 bits per heavy atom. The highest BCUT2D eigenvalue weighted by Crippen LogP contribution is 1.78. The third-order valence-electron chi connectivity index (χ3n) is 0.645. The van der Waals surface area contributed by atoms with Crippen LogP contribution in [0.2, 0.25) is 0 Å². The second kappa shape index (κ2) is 3.60. The van der Waals surface area contributed by atoms with Crippen molar-refractivity contribution >= 4 is 17.7 Å². The highest BCUT2D eigenvalue weighted by molar-refractivity contribution is 6.33. The highest BCUT2D eigenvalue weighted by atomic mass is 16.5. The van der Waals surface area contributed by atoms with E-state index in [2.05, 4.69) is 4.74 Å². The van der Waals surface area contributed by atoms with Crippen LogP contribution in [0.4, 0.5) is 0 Å². The lowest BCUT2D eigenvalue weighted by Crippen LogP contribution is -2.20. The summed E-state index contributed by atoms with van der Waals surface area (Å²) in [5.41, 5.74) is 0. The van der Waals surface area contributed by atoms with Gasteiger partial charge in [0.05, 0.1) is 0 Å². The number of esters is 1. The summed E-state index contributed by atoms with van der Waals surface area (Å²) in [4.78, 5) is 29.9. The Balaban J connectivity index is 3.60. The highest BCUT2D eigenvalue weighted by Gasteiger charge is 2.11. The molecule has 0 fully saturated rings. The molecule has 0 aliphatic rings. The van der Waals surface area contributed by atoms with Crippen LogP contribution in [-0.2, 0) is 19.1 Å². The molecule has 0 aromatic carbocycles. The molecule has 0 atom stereocenters. The third-order valence-corrected chi connectivity index (χ3v) is 0.645. The van der Waals surface area contributed by atoms with E-state index in [4.69, 9.17) is 5.11 Å². The van der Waals surface area contributed by atoms with Gasteiger partial charge in [0.25, 0.3) is 5.78 Å². The first-order valence-electron chi connectivity index (χ1n) is 2.43. The maximum absolute atomic E-state index is 10.2. The second-order valence-electron chi connectivity index (χ2n) is 1.51. The van der Waals surface area contributed by atoms with E-state index in [0.29, 0.717) is 0 Å². The standard InChI is InChI=1S/C5H6O5/c1-3(6)10-2-4(7)5(8)9/h2H2,1H3,(H,8,9). The molecule has 0 heterocycles. The lowest BCUT2D eigenvalue weighted by atomic mass is 10.4. The number of carbonyl (C=O) groups excluding carboxylic acids is 2. The molecule has 10 heavy (non-hydrogen) atoms. The molecule has 0 spiro atoms. The van der Waals surface area contributed by atoms with E-state index in [0.717, 1.165) is 6.92 Å². The molecule has 0 saturated heterocycles. The summed E-state index contributed by atoms with van der Waals surface area (Å²) in [6.45, 7) is 0.403. The van der Waals surface area contributed by atoms with Gasteiger partial charge in [-0.3, -0.25) is 9.59 Å². The van der Waals surface area contributed by atoms with Gasteiger partial charge >= 0.3 is 11.9 Å². The molecule has 5 heteroatoms. The molecule has 56 valence electrons. The van der Waals surface area contributed by atoms with Crippen molar-refractivity contribution in [3.63, 3.8) is 0 Å². The summed E-state index contributed by atoms with van der Waals surface area (Å²) in [5, 5.41) is 7.95. The van der Waals surface area contributed by atoms with E-state index in [1.807, 2.05) is 0 Å². The van der Waals surface area contributed by atoms with Crippen molar-refractivity contribution in [1.82, 2.24) is 0 Å². The van der Waals surface area contributed by atoms with E-state index in [1.54, 1.807) is 0 Å². The Kier molecular flexibility index (Phi) is 3.10. The zero-order valence-electron chi connectivity index (χ0n) is 5.29. The lowest BCUT2D eigenvalue weighted by Gasteiger charge is -1.94. The number of ketones is 1. The summed E-state index contributed by atoms with van der Waals surface area (Å²) in [5.74, 6) is -3.40. The van der Waals surface area contributed by atoms with Gasteiger partial charge in [-0.15, -0.1) is 0 Å². The maximum atomic E-state index is 10.2. The van der Waals surface area contributed by atoms with Crippen molar-refractivity contribution in [1.29, 1.82) is 0 Å². The summed E-state index contributed by atoms with van der Waals surface area (Å²) < 4.78 is 4.10. The molecular formula is C5H6O5. The molecule has 0 unspecified atom stereocenters. The predicted octanol–water partition coefficient (Wildman–Crippen LogP) is -0.797. The fourth-order valence-electron chi connectivity index (χ4n) is 0.229. The molecule has 0 aromatic heterocycles. The summed E-state index contributed by atoms with van der Waals surface area (Å²) >= 11 is 0. The zero-order valence-corrected chi connectivity index (χ0v) is 5.29. The van der Waals surface area contributed by atoms with Crippen LogP contribution in [-0.4, -0.2) is 29.4 Å². The van der Waals surface area contributed by atoms with Crippen LogP contribution in [0.3, 0.4) is 0 Å². The molecule has 0 bridgehead atoms. The molecule has 0 amide bonds. The number of carbonyl (C=O) groups is 3. The Hall–Kier alpha value is -1.39. The average molecular weight is 146 g/mol. The Bertz CT molecular complexity index is 171. The van der Waals surface area contributed by atoms with E-state index in [1.165, 1.54) is 0 Å². The number of Topliss-reactive ketones (excluding diaryl/α,β-unsaturated/α-hetero) is 1. The van der Waals surface area contributed by atoms with Crippen molar-refractivity contribution in [2.45, 2.75) is 6.92 Å². The first-order chi connectivity index (χ1) is 4.54. The van der Waals surface area contributed by atoms with Crippen LogP contribution in [0.1, 0.15) is 6.92 Å². The third kappa shape index (κ3) is 3.59. The number of ether oxygens (including phenoxy) is 1. The Morgan fingerprint density at radius 3 is 2.20 bits per heavy atom. The van der Waals surface area contributed by atoms with Gasteiger partial charge in [-0.2, -0.15) is 0 Å². The van der Waals surface area contributed by atoms with Gasteiger partial charge in [-0.1, -0.05) is 0 Å². The van der Waals surface area contributed by atoms with Crippen molar-refractivity contribution in [2.24, 2.45) is 0 Å². The zero-order chi connectivity index (χ0) is 8.15. The number of carboxylic acids is 1. The summed E-state index contributed by atoms with van der Waals surface area (Å²) in [7, 11) is 0. The number of rotatable bonds is 3. The molecule has 0 radical (unpaired) electrons. The first kappa shape index (κ1) is 8.61. The predicted molar refractivity (Wildman–Crippen MR) is 29.3 cm³/mol. The van der Waals surface area contributed by atoms with Crippen LogP contribution in [0.15, 0.2) is 0 Å². The minimum atomic E-state index is -1.60. The monoisotopic (exact) mass is 146 g/mol. The molecular weight excluding hydrogens is 140 g/mol. The van der Waals surface area contributed by atoms with Gasteiger partial charge in [0, 0.05) is 6.92 Å². The van der Waals surface area contributed by atoms with E-state index < -0.39 is 24.3 Å². The Labute approximate surface area is 56.6 Å². The van der Waals surface area contributed by atoms with Crippen molar-refractivity contribution in [2.75, 3.05) is 6.61 Å². The fraction of sp³-hybridized carbons (Fsp3) is 0.400. The van der Waals surface area contributed by atoms with Crippen molar-refractivity contribution < 1.29 is 24.2 Å². The van der Waals surface area contributed by atoms with Gasteiger partial charge in [0.15, 0.2) is 6.61 Å². The van der Waals surface area contributed by atoms with E-state index in [9.17, 15) is 14.4 Å². The average Bonchev–Trinajstić information content (AvgIpc) is 1.82. The smallest absolute Gasteiger partial charge is 0.375 e. The number of aliphatic carboxylic acids is 1. The van der Waals surface area contributed by atoms with Crippen LogP contribution in [0.5, 0.6) is 0 Å². The van der Waals surface area contributed by atoms with Crippen LogP contribution < -0.4 is 0 Å². The molecule has 5 nitrogen and oxygen atoms in total. The van der Waals surface area contributed by atoms with Crippen LogP contribution >= 0.6 is 0 Å². The maximum Gasteiger partial charge on any atom is 0.375 e. The summed E-state index contributed by atoms with van der Waals surface area (Å²) in [6, 6.07) is 0. The second-order valence-corrected chi connectivity index (χ2v) is 1.51. The first-order valence-corrected chi connectivity index (χ1v) is 2.43. The van der Waals surface area contributed by atoms with Gasteiger partial charge < -0.3 is 9.84 Å². The normalized spacial score (nSPS) is 8.50. The molecule has 0 saturated carbocycles. The largest absolute Gasteiger partial charge is 0.475 e. The minimum absolute atomic E-state index is 0.672. The fourth-order valence-corrected chi connectivity index (χ4v) is 0.229. The van der Waals surface area contributed by atoms with Crippen molar-refractivity contribution in [3.8, 4) is 0 Å². The van der Waals surface area contributed by atoms with Gasteiger partial charge in [-0.25, -0.2) is 4.79 Å². The van der Waals surface area contributed by atoms with E-state index in [-0.39, 0.29) is 0 Å². The van der Waals surface area contributed by atoms with Crippen LogP contribution in [0.25, 0.3) is 0 Å². The van der Waals surface area contributed by atoms with Gasteiger partial charge in [-0.05, 0) is 0 Å². The molecule has 0 aliphatic heterocycles. The van der Waals surface area contributed by atoms with Gasteiger partial charge in [0.1, 0.15) is 0 Å². The number of hydrogen-bond donors (Lipinski definition) is 1. The topological polar surface area (TPSA) is 80.7 Å². The van der Waals surface area contributed by atoms with Crippen molar-refractivity contribution in [3.05, 3.63) is 0 Å². The number of hydrogen-bond acceptors (Lipinski definition) is 4. The van der Waals surface area contributed by atoms with Crippen LogP contribution in [0, 0.1) is 0 Å². The minimum Gasteiger partial charge on any atom is -0.475 e. The quantitative estimate of drug-likeness (QED) is 0.416.